The highest BCUT2D eigenvalue weighted by Gasteiger charge is 2.42. The Kier molecular flexibility index (Phi) is 4.37. The fraction of sp³-hybridized carbons (Fsp3) is 0.167. The number of carboxylic acid groups (broad SMARTS) is 1. The average Bonchev–Trinajstić information content (AvgIpc) is 3.46. The Hall–Kier alpha value is -3.68. The largest absolute Gasteiger partial charge is 0.477 e. The number of ketones is 1. The van der Waals surface area contributed by atoms with E-state index >= 15 is 0 Å². The molecule has 0 radical (unpaired) electrons. The first kappa shape index (κ1) is 20.2. The number of halogens is 4. The molecule has 2 aromatic carbocycles. The van der Waals surface area contributed by atoms with Gasteiger partial charge in [-0.2, -0.15) is 13.2 Å². The van der Waals surface area contributed by atoms with Gasteiger partial charge in [-0.3, -0.25) is 4.79 Å². The zero-order valence-electron chi connectivity index (χ0n) is 16.4. The second-order valence-corrected chi connectivity index (χ2v) is 7.88. The van der Waals surface area contributed by atoms with Crippen molar-refractivity contribution in [3.8, 4) is 0 Å². The number of nitrogens with zero attached hydrogens (tertiary/aromatic N) is 1. The monoisotopic (exact) mass is 441 g/mol. The highest BCUT2D eigenvalue weighted by molar-refractivity contribution is 6.29. The van der Waals surface area contributed by atoms with Crippen molar-refractivity contribution in [3.05, 3.63) is 88.4 Å². The van der Waals surface area contributed by atoms with E-state index < -0.39 is 23.5 Å². The van der Waals surface area contributed by atoms with E-state index in [1.165, 1.54) is 34.9 Å². The second kappa shape index (κ2) is 6.91. The summed E-state index contributed by atoms with van der Waals surface area (Å²) in [6.07, 6.45) is -0.920. The topological polar surface area (TPSA) is 59.3 Å². The van der Waals surface area contributed by atoms with Crippen molar-refractivity contribution in [2.75, 3.05) is 0 Å². The summed E-state index contributed by atoms with van der Waals surface area (Å²) in [4.78, 5) is 25.2. The Morgan fingerprint density at radius 3 is 2.56 bits per heavy atom. The number of aromatic carboxylic acids is 1. The van der Waals surface area contributed by atoms with Gasteiger partial charge < -0.3 is 9.67 Å². The number of alkyl halides is 3. The number of fused-ring (bicyclic) bond motifs is 2. The zero-order valence-corrected chi connectivity index (χ0v) is 16.4. The molecule has 1 atom stereocenters. The third kappa shape index (κ3) is 3.14. The van der Waals surface area contributed by atoms with Gasteiger partial charge in [-0.1, -0.05) is 35.9 Å². The summed E-state index contributed by atoms with van der Waals surface area (Å²) in [5, 5.41) is 10.0. The van der Waals surface area contributed by atoms with Crippen LogP contribution >= 0.6 is 0 Å². The number of benzene rings is 2. The highest BCUT2D eigenvalue weighted by atomic mass is 19.4. The Labute approximate surface area is 179 Å². The zero-order chi connectivity index (χ0) is 22.8. The van der Waals surface area contributed by atoms with Gasteiger partial charge in [0, 0.05) is 33.5 Å². The van der Waals surface area contributed by atoms with Crippen LogP contribution in [0.25, 0.3) is 16.5 Å². The van der Waals surface area contributed by atoms with Crippen molar-refractivity contribution in [3.63, 3.8) is 0 Å². The van der Waals surface area contributed by atoms with E-state index in [4.69, 9.17) is 0 Å². The normalized spacial score (nSPS) is 17.8. The van der Waals surface area contributed by atoms with Crippen LogP contribution in [0.5, 0.6) is 0 Å². The Morgan fingerprint density at radius 1 is 1.12 bits per heavy atom. The maximum absolute atomic E-state index is 14.3. The molecule has 3 aromatic rings. The van der Waals surface area contributed by atoms with Gasteiger partial charge in [0.1, 0.15) is 11.5 Å². The maximum atomic E-state index is 14.3. The Morgan fingerprint density at radius 2 is 1.88 bits per heavy atom. The van der Waals surface area contributed by atoms with Gasteiger partial charge in [-0.05, 0) is 30.7 Å². The average molecular weight is 441 g/mol. The molecule has 8 heteroatoms. The molecule has 2 aliphatic carbocycles. The first-order chi connectivity index (χ1) is 15.2. The molecule has 0 amide bonds. The summed E-state index contributed by atoms with van der Waals surface area (Å²) in [5.74, 6) is -2.65. The third-order valence-corrected chi connectivity index (χ3v) is 5.92. The number of carbonyl (C=O) groups is 2. The summed E-state index contributed by atoms with van der Waals surface area (Å²) in [7, 11) is 0. The predicted octanol–water partition coefficient (Wildman–Crippen LogP) is 5.46. The van der Waals surface area contributed by atoms with E-state index in [2.05, 4.69) is 0 Å². The SMILES string of the molecule is O=C(O)c1c(C2=CC=C3CC3C2=O)c2cc(C(F)(F)F)ccc2n1Cc1ccccc1F. The first-order valence-corrected chi connectivity index (χ1v) is 9.82. The van der Waals surface area contributed by atoms with Crippen LogP contribution in [0.2, 0.25) is 0 Å². The van der Waals surface area contributed by atoms with Gasteiger partial charge in [0.2, 0.25) is 0 Å². The van der Waals surface area contributed by atoms with E-state index in [0.717, 1.165) is 17.7 Å². The molecule has 1 fully saturated rings. The number of hydrogen-bond donors (Lipinski definition) is 1. The summed E-state index contributed by atoms with van der Waals surface area (Å²) >= 11 is 0. The highest BCUT2D eigenvalue weighted by Crippen LogP contribution is 2.47. The standard InChI is InChI=1S/C24H15F4NO3/c25-18-4-2-1-3-13(18)11-29-19-8-6-14(24(26,27)28)10-17(19)20(21(29)23(31)32)15-7-5-12-9-16(12)22(15)30/h1-8,10,16H,9,11H2,(H,31,32). The lowest BCUT2D eigenvalue weighted by Gasteiger charge is -2.12. The minimum atomic E-state index is -4.66. The van der Waals surface area contributed by atoms with Crippen molar-refractivity contribution in [2.24, 2.45) is 5.92 Å². The molecule has 5 rings (SSSR count). The van der Waals surface area contributed by atoms with E-state index in [1.54, 1.807) is 12.1 Å². The number of aromatic nitrogens is 1. The molecule has 2 aliphatic rings. The Bertz CT molecular complexity index is 1380. The lowest BCUT2D eigenvalue weighted by Crippen LogP contribution is -2.14. The molecule has 0 bridgehead atoms. The second-order valence-electron chi connectivity index (χ2n) is 7.88. The van der Waals surface area contributed by atoms with Gasteiger partial charge in [-0.25, -0.2) is 9.18 Å². The summed E-state index contributed by atoms with van der Waals surface area (Å²) in [5.41, 5.74) is -0.0499. The summed E-state index contributed by atoms with van der Waals surface area (Å²) < 4.78 is 55.9. The minimum absolute atomic E-state index is 0.00864. The van der Waals surface area contributed by atoms with Crippen LogP contribution in [-0.4, -0.2) is 21.4 Å². The molecule has 1 N–H and O–H groups in total. The van der Waals surface area contributed by atoms with Crippen molar-refractivity contribution >= 4 is 28.2 Å². The van der Waals surface area contributed by atoms with E-state index in [9.17, 15) is 32.3 Å². The maximum Gasteiger partial charge on any atom is 0.416 e. The third-order valence-electron chi connectivity index (χ3n) is 5.92. The molecule has 0 spiro atoms. The van der Waals surface area contributed by atoms with Gasteiger partial charge in [0.05, 0.1) is 12.1 Å². The fourth-order valence-electron chi connectivity index (χ4n) is 4.28. The van der Waals surface area contributed by atoms with Crippen LogP contribution in [0.15, 0.2) is 60.2 Å². The first-order valence-electron chi connectivity index (χ1n) is 9.82. The van der Waals surface area contributed by atoms with Crippen molar-refractivity contribution in [1.82, 2.24) is 4.57 Å². The molecule has 0 aliphatic heterocycles. The molecule has 1 saturated carbocycles. The van der Waals surface area contributed by atoms with E-state index in [0.29, 0.717) is 6.42 Å². The lowest BCUT2D eigenvalue weighted by atomic mass is 9.92. The molecule has 162 valence electrons. The van der Waals surface area contributed by atoms with Gasteiger partial charge in [-0.15, -0.1) is 0 Å². The van der Waals surface area contributed by atoms with Crippen LogP contribution < -0.4 is 0 Å². The molecule has 1 unspecified atom stereocenters. The number of carbonyl (C=O) groups excluding carboxylic acids is 1. The van der Waals surface area contributed by atoms with Crippen molar-refractivity contribution < 1.29 is 32.3 Å². The number of hydrogen-bond acceptors (Lipinski definition) is 2. The van der Waals surface area contributed by atoms with Crippen LogP contribution in [0.4, 0.5) is 17.6 Å². The van der Waals surface area contributed by atoms with Crippen LogP contribution in [-0.2, 0) is 17.5 Å². The number of carboxylic acids is 1. The summed E-state index contributed by atoms with van der Waals surface area (Å²) in [6.45, 7) is -0.220. The molecule has 4 nitrogen and oxygen atoms in total. The lowest BCUT2D eigenvalue weighted by molar-refractivity contribution is -0.137. The molecular formula is C24H15F4NO3. The van der Waals surface area contributed by atoms with Gasteiger partial charge in [0.25, 0.3) is 0 Å². The van der Waals surface area contributed by atoms with E-state index in [1.807, 2.05) is 0 Å². The molecule has 32 heavy (non-hydrogen) atoms. The number of allylic oxidation sites excluding steroid dienone is 4. The molecule has 1 heterocycles. The van der Waals surface area contributed by atoms with Crippen LogP contribution in [0.1, 0.15) is 33.6 Å². The fourth-order valence-corrected chi connectivity index (χ4v) is 4.28. The van der Waals surface area contributed by atoms with Crippen molar-refractivity contribution in [1.29, 1.82) is 0 Å². The molecular weight excluding hydrogens is 426 g/mol. The smallest absolute Gasteiger partial charge is 0.416 e. The number of Topliss-reactive ketones (excluding diaryl/α,β-unsaturated/α-hetero) is 1. The molecule has 1 aromatic heterocycles. The predicted molar refractivity (Wildman–Crippen MR) is 109 cm³/mol. The molecule has 0 saturated heterocycles. The summed E-state index contributed by atoms with van der Waals surface area (Å²) in [6, 6.07) is 8.64. The Balaban J connectivity index is 1.82. The van der Waals surface area contributed by atoms with Gasteiger partial charge >= 0.3 is 12.1 Å². The van der Waals surface area contributed by atoms with Crippen LogP contribution in [0, 0.1) is 11.7 Å². The number of rotatable bonds is 4. The van der Waals surface area contributed by atoms with Crippen LogP contribution in [0.3, 0.4) is 0 Å². The minimum Gasteiger partial charge on any atom is -0.477 e. The quantitative estimate of drug-likeness (QED) is 0.547. The van der Waals surface area contributed by atoms with Gasteiger partial charge in [0.15, 0.2) is 5.78 Å². The van der Waals surface area contributed by atoms with E-state index in [-0.39, 0.29) is 51.5 Å². The van der Waals surface area contributed by atoms with Crippen molar-refractivity contribution in [2.45, 2.75) is 19.1 Å².